The van der Waals surface area contributed by atoms with Gasteiger partial charge in [0.25, 0.3) is 0 Å². The SMILES string of the molecule is c1cnc2sc3c(c2c1)OCC3. The topological polar surface area (TPSA) is 22.1 Å². The molecule has 0 N–H and O–H groups in total. The first kappa shape index (κ1) is 6.43. The second-order valence-corrected chi connectivity index (χ2v) is 3.89. The first-order valence-electron chi connectivity index (χ1n) is 3.94. The number of nitrogens with zero attached hydrogens (tertiary/aromatic N) is 1. The molecule has 0 amide bonds. The predicted molar refractivity (Wildman–Crippen MR) is 48.8 cm³/mol. The molecule has 12 heavy (non-hydrogen) atoms. The van der Waals surface area contributed by atoms with Gasteiger partial charge in [-0.25, -0.2) is 4.98 Å². The molecule has 0 aromatic carbocycles. The van der Waals surface area contributed by atoms with Gasteiger partial charge in [0, 0.05) is 12.6 Å². The van der Waals surface area contributed by atoms with Gasteiger partial charge in [-0.3, -0.25) is 0 Å². The van der Waals surface area contributed by atoms with Crippen LogP contribution >= 0.6 is 11.3 Å². The molecule has 60 valence electrons. The maximum atomic E-state index is 5.52. The minimum Gasteiger partial charge on any atom is -0.491 e. The van der Waals surface area contributed by atoms with Crippen molar-refractivity contribution in [3.05, 3.63) is 23.2 Å². The Morgan fingerprint density at radius 2 is 2.50 bits per heavy atom. The molecule has 2 aromatic rings. The number of fused-ring (bicyclic) bond motifs is 3. The molecular weight excluding hydrogens is 170 g/mol. The Balaban J connectivity index is 2.44. The Bertz CT molecular complexity index is 435. The van der Waals surface area contributed by atoms with Crippen molar-refractivity contribution in [1.29, 1.82) is 0 Å². The van der Waals surface area contributed by atoms with Gasteiger partial charge in [-0.2, -0.15) is 0 Å². The van der Waals surface area contributed by atoms with E-state index in [-0.39, 0.29) is 0 Å². The van der Waals surface area contributed by atoms with Crippen molar-refractivity contribution in [3.63, 3.8) is 0 Å². The molecule has 0 radical (unpaired) electrons. The average Bonchev–Trinajstić information content (AvgIpc) is 2.62. The highest BCUT2D eigenvalue weighted by Crippen LogP contribution is 2.39. The molecule has 0 fully saturated rings. The van der Waals surface area contributed by atoms with Gasteiger partial charge in [-0.05, 0) is 12.1 Å². The summed E-state index contributed by atoms with van der Waals surface area (Å²) in [6.07, 6.45) is 2.88. The van der Waals surface area contributed by atoms with Crippen LogP contribution in [0.5, 0.6) is 5.75 Å². The van der Waals surface area contributed by atoms with Crippen molar-refractivity contribution in [2.45, 2.75) is 6.42 Å². The highest BCUT2D eigenvalue weighted by Gasteiger charge is 2.18. The maximum absolute atomic E-state index is 5.52. The van der Waals surface area contributed by atoms with Crippen LogP contribution in [0.3, 0.4) is 0 Å². The zero-order valence-corrected chi connectivity index (χ0v) is 7.23. The van der Waals surface area contributed by atoms with Crippen LogP contribution < -0.4 is 4.74 Å². The number of thiophene rings is 1. The largest absolute Gasteiger partial charge is 0.491 e. The van der Waals surface area contributed by atoms with E-state index in [9.17, 15) is 0 Å². The first-order valence-corrected chi connectivity index (χ1v) is 4.76. The fourth-order valence-electron chi connectivity index (χ4n) is 1.53. The lowest BCUT2D eigenvalue weighted by Gasteiger charge is -1.93. The molecule has 0 saturated heterocycles. The number of hydrogen-bond donors (Lipinski definition) is 0. The van der Waals surface area contributed by atoms with Crippen LogP contribution in [-0.2, 0) is 6.42 Å². The van der Waals surface area contributed by atoms with E-state index in [1.54, 1.807) is 11.3 Å². The number of hydrogen-bond acceptors (Lipinski definition) is 3. The minimum atomic E-state index is 0.839. The van der Waals surface area contributed by atoms with Gasteiger partial charge in [-0.1, -0.05) is 0 Å². The van der Waals surface area contributed by atoms with E-state index in [1.165, 1.54) is 10.3 Å². The molecular formula is C9H7NOS. The summed E-state index contributed by atoms with van der Waals surface area (Å²) in [6, 6.07) is 4.03. The van der Waals surface area contributed by atoms with Gasteiger partial charge >= 0.3 is 0 Å². The average molecular weight is 177 g/mol. The highest BCUT2D eigenvalue weighted by molar-refractivity contribution is 7.19. The molecule has 0 bridgehead atoms. The van der Waals surface area contributed by atoms with Gasteiger partial charge in [0.2, 0.25) is 0 Å². The van der Waals surface area contributed by atoms with E-state index < -0.39 is 0 Å². The van der Waals surface area contributed by atoms with E-state index in [1.807, 2.05) is 12.3 Å². The van der Waals surface area contributed by atoms with E-state index in [0.717, 1.165) is 23.6 Å². The van der Waals surface area contributed by atoms with Crippen LogP contribution in [0.2, 0.25) is 0 Å². The summed E-state index contributed by atoms with van der Waals surface area (Å²) in [4.78, 5) is 6.73. The van der Waals surface area contributed by atoms with Crippen molar-refractivity contribution in [2.24, 2.45) is 0 Å². The van der Waals surface area contributed by atoms with Gasteiger partial charge < -0.3 is 4.74 Å². The minimum absolute atomic E-state index is 0.839. The molecule has 0 aliphatic carbocycles. The molecule has 1 aliphatic heterocycles. The summed E-state index contributed by atoms with van der Waals surface area (Å²) in [6.45, 7) is 0.839. The van der Waals surface area contributed by atoms with Gasteiger partial charge in [0.1, 0.15) is 10.6 Å². The Hall–Kier alpha value is -1.09. The normalized spacial score (nSPS) is 14.7. The third-order valence-electron chi connectivity index (χ3n) is 2.06. The van der Waals surface area contributed by atoms with Crippen LogP contribution in [0.25, 0.3) is 10.2 Å². The lowest BCUT2D eigenvalue weighted by atomic mass is 10.3. The fourth-order valence-corrected chi connectivity index (χ4v) is 2.59. The molecule has 3 heterocycles. The van der Waals surface area contributed by atoms with E-state index in [4.69, 9.17) is 4.74 Å². The predicted octanol–water partition coefficient (Wildman–Crippen LogP) is 2.23. The molecule has 2 aromatic heterocycles. The quantitative estimate of drug-likeness (QED) is 0.615. The summed E-state index contributed by atoms with van der Waals surface area (Å²) in [5.41, 5.74) is 0. The summed E-state index contributed by atoms with van der Waals surface area (Å²) >= 11 is 1.75. The number of aromatic nitrogens is 1. The van der Waals surface area contributed by atoms with Crippen LogP contribution in [0.1, 0.15) is 4.88 Å². The Morgan fingerprint density at radius 3 is 3.50 bits per heavy atom. The molecule has 2 nitrogen and oxygen atoms in total. The smallest absolute Gasteiger partial charge is 0.142 e. The Labute approximate surface area is 73.8 Å². The van der Waals surface area contributed by atoms with E-state index in [2.05, 4.69) is 11.1 Å². The molecule has 0 atom stereocenters. The Kier molecular flexibility index (Phi) is 1.18. The summed E-state index contributed by atoms with van der Waals surface area (Å²) in [7, 11) is 0. The summed E-state index contributed by atoms with van der Waals surface area (Å²) in [5.74, 6) is 1.07. The molecule has 0 saturated carbocycles. The zero-order chi connectivity index (χ0) is 7.97. The third-order valence-corrected chi connectivity index (χ3v) is 3.22. The Morgan fingerprint density at radius 1 is 1.50 bits per heavy atom. The second-order valence-electron chi connectivity index (χ2n) is 2.81. The van der Waals surface area contributed by atoms with Crippen molar-refractivity contribution >= 4 is 21.6 Å². The van der Waals surface area contributed by atoms with Crippen molar-refractivity contribution in [2.75, 3.05) is 6.61 Å². The van der Waals surface area contributed by atoms with E-state index in [0.29, 0.717) is 0 Å². The molecule has 3 heteroatoms. The van der Waals surface area contributed by atoms with Crippen molar-refractivity contribution < 1.29 is 4.74 Å². The molecule has 0 unspecified atom stereocenters. The summed E-state index contributed by atoms with van der Waals surface area (Å²) < 4.78 is 5.52. The standard InChI is InChI=1S/C9H7NOS/c1-2-6-8-7(3-5-11-8)12-9(6)10-4-1/h1-2,4H,3,5H2. The number of rotatable bonds is 0. The van der Waals surface area contributed by atoms with Crippen LogP contribution in [0, 0.1) is 0 Å². The van der Waals surface area contributed by atoms with Crippen LogP contribution in [0.4, 0.5) is 0 Å². The van der Waals surface area contributed by atoms with Crippen molar-refractivity contribution in [3.8, 4) is 5.75 Å². The molecule has 3 rings (SSSR count). The first-order chi connectivity index (χ1) is 5.95. The third kappa shape index (κ3) is 0.716. The summed E-state index contributed by atoms with van der Waals surface area (Å²) in [5, 5.41) is 1.18. The van der Waals surface area contributed by atoms with Gasteiger partial charge in [0.15, 0.2) is 0 Å². The molecule has 1 aliphatic rings. The second kappa shape index (κ2) is 2.20. The highest BCUT2D eigenvalue weighted by atomic mass is 32.1. The number of pyridine rings is 1. The van der Waals surface area contributed by atoms with Gasteiger partial charge in [0.05, 0.1) is 16.9 Å². The maximum Gasteiger partial charge on any atom is 0.142 e. The lowest BCUT2D eigenvalue weighted by Crippen LogP contribution is -1.87. The fraction of sp³-hybridized carbons (Fsp3) is 0.222. The van der Waals surface area contributed by atoms with Crippen molar-refractivity contribution in [1.82, 2.24) is 4.98 Å². The molecule has 0 spiro atoms. The number of ether oxygens (including phenoxy) is 1. The van der Waals surface area contributed by atoms with Crippen LogP contribution in [-0.4, -0.2) is 11.6 Å². The zero-order valence-electron chi connectivity index (χ0n) is 6.41. The lowest BCUT2D eigenvalue weighted by molar-refractivity contribution is 0.360. The van der Waals surface area contributed by atoms with Gasteiger partial charge in [-0.15, -0.1) is 11.3 Å². The van der Waals surface area contributed by atoms with Crippen LogP contribution in [0.15, 0.2) is 18.3 Å². The van der Waals surface area contributed by atoms with E-state index >= 15 is 0 Å². The monoisotopic (exact) mass is 177 g/mol.